The molecule has 0 N–H and O–H groups in total. The molecule has 5 aromatic carbocycles. The van der Waals surface area contributed by atoms with Crippen LogP contribution in [0, 0.1) is 13.8 Å². The zero-order valence-corrected chi connectivity index (χ0v) is 22.1. The van der Waals surface area contributed by atoms with Crippen LogP contribution in [-0.2, 0) is 12.8 Å². The first kappa shape index (κ1) is 23.8. The lowest BCUT2D eigenvalue weighted by Crippen LogP contribution is -2.14. The molecule has 0 spiro atoms. The SMILES string of the molecule is C=Cc1ccc(N(c2ccc(C)cc2)c2ccc(N(c3ccc(C)cc3)c3ccc4c(c3)CC4)cc2)cc1. The molecule has 6 rings (SSSR count). The molecule has 2 nitrogen and oxygen atoms in total. The van der Waals surface area contributed by atoms with Gasteiger partial charge in [0, 0.05) is 34.1 Å². The van der Waals surface area contributed by atoms with Crippen LogP contribution in [0.2, 0.25) is 0 Å². The molecule has 0 atom stereocenters. The molecule has 0 unspecified atom stereocenters. The van der Waals surface area contributed by atoms with Gasteiger partial charge in [-0.25, -0.2) is 0 Å². The quantitative estimate of drug-likeness (QED) is 0.223. The van der Waals surface area contributed by atoms with E-state index >= 15 is 0 Å². The monoisotopic (exact) mass is 492 g/mol. The van der Waals surface area contributed by atoms with Gasteiger partial charge in [0.05, 0.1) is 0 Å². The number of nitrogens with zero attached hydrogens (tertiary/aromatic N) is 2. The second kappa shape index (κ2) is 10.1. The van der Waals surface area contributed by atoms with E-state index in [1.165, 1.54) is 40.8 Å². The van der Waals surface area contributed by atoms with Crippen molar-refractivity contribution in [2.24, 2.45) is 0 Å². The van der Waals surface area contributed by atoms with Gasteiger partial charge in [-0.1, -0.05) is 66.2 Å². The number of rotatable bonds is 7. The Hall–Kier alpha value is -4.56. The lowest BCUT2D eigenvalue weighted by molar-refractivity contribution is 0.839. The van der Waals surface area contributed by atoms with Crippen LogP contribution in [0.25, 0.3) is 6.08 Å². The Bertz CT molecular complexity index is 1560. The minimum atomic E-state index is 1.11. The third-order valence-electron chi connectivity index (χ3n) is 7.45. The molecule has 0 heterocycles. The van der Waals surface area contributed by atoms with Crippen molar-refractivity contribution < 1.29 is 0 Å². The van der Waals surface area contributed by atoms with Crippen LogP contribution in [-0.4, -0.2) is 0 Å². The topological polar surface area (TPSA) is 6.48 Å². The maximum absolute atomic E-state index is 3.91. The van der Waals surface area contributed by atoms with Crippen LogP contribution < -0.4 is 9.80 Å². The summed E-state index contributed by atoms with van der Waals surface area (Å²) in [6.07, 6.45) is 4.24. The average molecular weight is 493 g/mol. The van der Waals surface area contributed by atoms with Crippen molar-refractivity contribution in [1.82, 2.24) is 0 Å². The Kier molecular flexibility index (Phi) is 6.31. The fraction of sp³-hybridized carbons (Fsp3) is 0.111. The maximum atomic E-state index is 3.91. The lowest BCUT2D eigenvalue weighted by Gasteiger charge is -2.30. The predicted molar refractivity (Wildman–Crippen MR) is 163 cm³/mol. The van der Waals surface area contributed by atoms with E-state index in [4.69, 9.17) is 0 Å². The molecule has 186 valence electrons. The minimum Gasteiger partial charge on any atom is -0.311 e. The summed E-state index contributed by atoms with van der Waals surface area (Å²) in [6.45, 7) is 8.17. The molecule has 0 aliphatic heterocycles. The number of aryl methyl sites for hydroxylation is 4. The van der Waals surface area contributed by atoms with Gasteiger partial charge in [0.1, 0.15) is 0 Å². The van der Waals surface area contributed by atoms with Gasteiger partial charge in [-0.15, -0.1) is 0 Å². The Morgan fingerprint density at radius 2 is 0.842 bits per heavy atom. The third-order valence-corrected chi connectivity index (χ3v) is 7.45. The van der Waals surface area contributed by atoms with Crippen molar-refractivity contribution in [3.8, 4) is 0 Å². The smallest absolute Gasteiger partial charge is 0.0464 e. The highest BCUT2D eigenvalue weighted by atomic mass is 15.2. The highest BCUT2D eigenvalue weighted by molar-refractivity contribution is 5.81. The van der Waals surface area contributed by atoms with Crippen molar-refractivity contribution in [2.45, 2.75) is 26.7 Å². The first-order valence-corrected chi connectivity index (χ1v) is 13.3. The van der Waals surface area contributed by atoms with Gasteiger partial charge < -0.3 is 9.80 Å². The molecule has 0 radical (unpaired) electrons. The van der Waals surface area contributed by atoms with E-state index in [0.29, 0.717) is 0 Å². The number of hydrogen-bond acceptors (Lipinski definition) is 2. The second-order valence-electron chi connectivity index (χ2n) is 10.1. The standard InChI is InChI=1S/C36H32N2/c1-4-28-9-18-33(19-10-28)37(31-14-5-26(2)6-15-31)34-21-23-35(24-22-34)38(32-16-7-27(3)8-17-32)36-20-13-29-11-12-30(29)25-36/h4-10,13-25H,1,11-12H2,2-3H3. The second-order valence-corrected chi connectivity index (χ2v) is 10.1. The fourth-order valence-corrected chi connectivity index (χ4v) is 5.11. The van der Waals surface area contributed by atoms with Crippen molar-refractivity contribution in [3.63, 3.8) is 0 Å². The van der Waals surface area contributed by atoms with E-state index in [0.717, 1.165) is 34.0 Å². The predicted octanol–water partition coefficient (Wildman–Crippen LogP) is 9.98. The molecule has 2 heteroatoms. The molecule has 0 fully saturated rings. The summed E-state index contributed by atoms with van der Waals surface area (Å²) in [5.74, 6) is 0. The normalized spacial score (nSPS) is 11.8. The summed E-state index contributed by atoms with van der Waals surface area (Å²) in [4.78, 5) is 4.66. The summed E-state index contributed by atoms with van der Waals surface area (Å²) < 4.78 is 0. The lowest BCUT2D eigenvalue weighted by atomic mass is 9.88. The highest BCUT2D eigenvalue weighted by Gasteiger charge is 2.19. The Labute approximate surface area is 226 Å². The largest absolute Gasteiger partial charge is 0.311 e. The van der Waals surface area contributed by atoms with Gasteiger partial charge in [-0.3, -0.25) is 0 Å². The van der Waals surface area contributed by atoms with Gasteiger partial charge in [-0.2, -0.15) is 0 Å². The van der Waals surface area contributed by atoms with Crippen molar-refractivity contribution >= 4 is 40.2 Å². The minimum absolute atomic E-state index is 1.11. The molecule has 1 aliphatic carbocycles. The first-order chi connectivity index (χ1) is 18.6. The molecule has 0 aromatic heterocycles. The summed E-state index contributed by atoms with van der Waals surface area (Å²) in [5.41, 5.74) is 13.4. The van der Waals surface area contributed by atoms with Crippen LogP contribution in [0.5, 0.6) is 0 Å². The van der Waals surface area contributed by atoms with Gasteiger partial charge in [0.2, 0.25) is 0 Å². The summed E-state index contributed by atoms with van der Waals surface area (Å²) >= 11 is 0. The number of anilines is 6. The zero-order valence-electron chi connectivity index (χ0n) is 22.1. The van der Waals surface area contributed by atoms with Crippen molar-refractivity contribution in [1.29, 1.82) is 0 Å². The Balaban J connectivity index is 1.42. The highest BCUT2D eigenvalue weighted by Crippen LogP contribution is 2.40. The summed E-state index contributed by atoms with van der Waals surface area (Å²) in [7, 11) is 0. The van der Waals surface area contributed by atoms with Gasteiger partial charge in [0.15, 0.2) is 0 Å². The molecule has 0 amide bonds. The zero-order chi connectivity index (χ0) is 26.1. The van der Waals surface area contributed by atoms with Crippen molar-refractivity contribution in [3.05, 3.63) is 150 Å². The molecule has 0 bridgehead atoms. The molecular weight excluding hydrogens is 460 g/mol. The summed E-state index contributed by atoms with van der Waals surface area (Å²) in [6, 6.07) is 41.8. The third kappa shape index (κ3) is 4.62. The molecule has 0 saturated carbocycles. The average Bonchev–Trinajstić information content (AvgIpc) is 2.94. The fourth-order valence-electron chi connectivity index (χ4n) is 5.11. The maximum Gasteiger partial charge on any atom is 0.0464 e. The van der Waals surface area contributed by atoms with Crippen LogP contribution >= 0.6 is 0 Å². The first-order valence-electron chi connectivity index (χ1n) is 13.3. The van der Waals surface area contributed by atoms with Crippen molar-refractivity contribution in [2.75, 3.05) is 9.80 Å². The number of fused-ring (bicyclic) bond motifs is 1. The molecule has 0 saturated heterocycles. The molecule has 38 heavy (non-hydrogen) atoms. The summed E-state index contributed by atoms with van der Waals surface area (Å²) in [5, 5.41) is 0. The van der Waals surface area contributed by atoms with E-state index < -0.39 is 0 Å². The van der Waals surface area contributed by atoms with Gasteiger partial charge in [0.25, 0.3) is 0 Å². The molecule has 5 aromatic rings. The van der Waals surface area contributed by atoms with E-state index in [-0.39, 0.29) is 0 Å². The van der Waals surface area contributed by atoms with Crippen LogP contribution in [0.1, 0.15) is 27.8 Å². The van der Waals surface area contributed by atoms with Gasteiger partial charge >= 0.3 is 0 Å². The van der Waals surface area contributed by atoms with E-state index in [2.05, 4.69) is 145 Å². The Morgan fingerprint density at radius 1 is 0.474 bits per heavy atom. The number of benzene rings is 5. The van der Waals surface area contributed by atoms with Crippen LogP contribution in [0.15, 0.2) is 122 Å². The number of hydrogen-bond donors (Lipinski definition) is 0. The van der Waals surface area contributed by atoms with Crippen LogP contribution in [0.4, 0.5) is 34.1 Å². The van der Waals surface area contributed by atoms with E-state index in [1.54, 1.807) is 0 Å². The Morgan fingerprint density at radius 3 is 1.24 bits per heavy atom. The molecular formula is C36H32N2. The van der Waals surface area contributed by atoms with Crippen LogP contribution in [0.3, 0.4) is 0 Å². The van der Waals surface area contributed by atoms with E-state index in [1.807, 2.05) is 6.08 Å². The van der Waals surface area contributed by atoms with Gasteiger partial charge in [-0.05, 0) is 116 Å². The van der Waals surface area contributed by atoms with E-state index in [9.17, 15) is 0 Å². The molecule has 1 aliphatic rings.